The first-order valence-electron chi connectivity index (χ1n) is 6.11. The van der Waals surface area contributed by atoms with Crippen LogP contribution < -0.4 is 11.3 Å². The molecule has 0 atom stereocenters. The lowest BCUT2D eigenvalue weighted by atomic mass is 10.1. The molecule has 1 heterocycles. The van der Waals surface area contributed by atoms with Gasteiger partial charge in [-0.05, 0) is 50.1 Å². The summed E-state index contributed by atoms with van der Waals surface area (Å²) in [7, 11) is 1.72. The molecule has 0 aliphatic carbocycles. The third kappa shape index (κ3) is 2.43. The highest BCUT2D eigenvalue weighted by Gasteiger charge is 2.07. The van der Waals surface area contributed by atoms with Gasteiger partial charge in [-0.2, -0.15) is 0 Å². The number of unbranched alkanes of at least 4 members (excludes halogenated alkanes) is 1. The third-order valence-corrected chi connectivity index (χ3v) is 3.16. The van der Waals surface area contributed by atoms with E-state index >= 15 is 0 Å². The molecule has 18 heavy (non-hydrogen) atoms. The Kier molecular flexibility index (Phi) is 3.77. The summed E-state index contributed by atoms with van der Waals surface area (Å²) in [5.74, 6) is -0.283. The Bertz CT molecular complexity index is 619. The van der Waals surface area contributed by atoms with Crippen LogP contribution in [0.2, 0.25) is 0 Å². The molecule has 2 rings (SSSR count). The fraction of sp³-hybridized carbons (Fsp3) is 0.357. The van der Waals surface area contributed by atoms with Crippen LogP contribution >= 0.6 is 0 Å². The second kappa shape index (κ2) is 5.31. The predicted octanol–water partition coefficient (Wildman–Crippen LogP) is 1.96. The van der Waals surface area contributed by atoms with Crippen molar-refractivity contribution >= 4 is 10.9 Å². The van der Waals surface area contributed by atoms with Crippen molar-refractivity contribution in [2.45, 2.75) is 19.3 Å². The molecule has 0 unspecified atom stereocenters. The summed E-state index contributed by atoms with van der Waals surface area (Å²) in [4.78, 5) is 12.1. The Morgan fingerprint density at radius 1 is 1.28 bits per heavy atom. The quantitative estimate of drug-likeness (QED) is 0.841. The van der Waals surface area contributed by atoms with Crippen molar-refractivity contribution in [3.63, 3.8) is 0 Å². The van der Waals surface area contributed by atoms with Crippen molar-refractivity contribution in [2.75, 3.05) is 6.54 Å². The zero-order valence-corrected chi connectivity index (χ0v) is 10.4. The van der Waals surface area contributed by atoms with Crippen molar-refractivity contribution in [2.24, 2.45) is 12.8 Å². The molecule has 1 aromatic heterocycles. The number of aromatic nitrogens is 1. The van der Waals surface area contributed by atoms with Gasteiger partial charge in [0.2, 0.25) is 0 Å². The van der Waals surface area contributed by atoms with Crippen LogP contribution in [0.3, 0.4) is 0 Å². The van der Waals surface area contributed by atoms with Crippen molar-refractivity contribution in [3.05, 3.63) is 46.0 Å². The van der Waals surface area contributed by atoms with E-state index in [0.29, 0.717) is 13.0 Å². The van der Waals surface area contributed by atoms with Crippen LogP contribution in [-0.2, 0) is 13.5 Å². The average Bonchev–Trinajstić information content (AvgIpc) is 2.35. The Labute approximate surface area is 105 Å². The molecule has 0 amide bonds. The van der Waals surface area contributed by atoms with Gasteiger partial charge < -0.3 is 10.3 Å². The molecule has 3 nitrogen and oxygen atoms in total. The van der Waals surface area contributed by atoms with Gasteiger partial charge in [0.25, 0.3) is 5.56 Å². The van der Waals surface area contributed by atoms with E-state index in [1.807, 2.05) is 0 Å². The summed E-state index contributed by atoms with van der Waals surface area (Å²) in [6.07, 6.45) is 2.47. The molecular formula is C14H17FN2O. The summed E-state index contributed by atoms with van der Waals surface area (Å²) in [6.45, 7) is 0.628. The Balaban J connectivity index is 2.48. The highest BCUT2D eigenvalue weighted by atomic mass is 19.1. The number of nitrogens with two attached hydrogens (primary N) is 1. The van der Waals surface area contributed by atoms with Crippen LogP contribution in [0, 0.1) is 5.82 Å². The van der Waals surface area contributed by atoms with E-state index in [-0.39, 0.29) is 11.4 Å². The van der Waals surface area contributed by atoms with Crippen molar-refractivity contribution < 1.29 is 4.39 Å². The van der Waals surface area contributed by atoms with Crippen LogP contribution in [0.4, 0.5) is 4.39 Å². The van der Waals surface area contributed by atoms with Gasteiger partial charge in [-0.25, -0.2) is 4.39 Å². The normalized spacial score (nSPS) is 11.1. The molecule has 1 aromatic carbocycles. The van der Waals surface area contributed by atoms with E-state index in [2.05, 4.69) is 0 Å². The molecule has 0 saturated carbocycles. The zero-order chi connectivity index (χ0) is 13.1. The molecule has 96 valence electrons. The van der Waals surface area contributed by atoms with E-state index in [0.717, 1.165) is 29.3 Å². The first kappa shape index (κ1) is 12.8. The molecule has 0 fully saturated rings. The second-order valence-corrected chi connectivity index (χ2v) is 4.48. The summed E-state index contributed by atoms with van der Waals surface area (Å²) in [5.41, 5.74) is 6.91. The molecule has 4 heteroatoms. The number of benzene rings is 1. The number of nitrogens with zero attached hydrogens (tertiary/aromatic N) is 1. The number of hydrogen-bond donors (Lipinski definition) is 1. The fourth-order valence-electron chi connectivity index (χ4n) is 2.16. The number of pyridine rings is 1. The topological polar surface area (TPSA) is 48.0 Å². The number of hydrogen-bond acceptors (Lipinski definition) is 2. The Hall–Kier alpha value is -1.68. The van der Waals surface area contributed by atoms with Crippen molar-refractivity contribution in [1.82, 2.24) is 4.57 Å². The van der Waals surface area contributed by atoms with Crippen LogP contribution in [0.15, 0.2) is 29.1 Å². The van der Waals surface area contributed by atoms with Gasteiger partial charge in [-0.15, -0.1) is 0 Å². The minimum absolute atomic E-state index is 0.00821. The van der Waals surface area contributed by atoms with E-state index in [1.165, 1.54) is 12.1 Å². The molecule has 0 radical (unpaired) electrons. The molecule has 2 aromatic rings. The summed E-state index contributed by atoms with van der Waals surface area (Å²) in [5, 5.41) is 0.764. The van der Waals surface area contributed by atoms with Crippen LogP contribution in [0.25, 0.3) is 10.9 Å². The predicted molar refractivity (Wildman–Crippen MR) is 71.1 cm³/mol. The van der Waals surface area contributed by atoms with Crippen LogP contribution in [-0.4, -0.2) is 11.1 Å². The molecule has 0 spiro atoms. The largest absolute Gasteiger partial charge is 0.330 e. The molecule has 0 aliphatic rings. The second-order valence-electron chi connectivity index (χ2n) is 4.48. The molecule has 0 saturated heterocycles. The maximum absolute atomic E-state index is 13.2. The highest BCUT2D eigenvalue weighted by Crippen LogP contribution is 2.15. The Morgan fingerprint density at radius 3 is 2.78 bits per heavy atom. The van der Waals surface area contributed by atoms with E-state index in [4.69, 9.17) is 5.73 Å². The minimum Gasteiger partial charge on any atom is -0.330 e. The summed E-state index contributed by atoms with van der Waals surface area (Å²) in [6, 6.07) is 6.25. The number of fused-ring (bicyclic) bond motifs is 1. The van der Waals surface area contributed by atoms with E-state index in [9.17, 15) is 9.18 Å². The maximum Gasteiger partial charge on any atom is 0.253 e. The lowest BCUT2D eigenvalue weighted by Crippen LogP contribution is -2.21. The standard InChI is InChI=1S/C14H17FN2O/c1-17-13-6-5-12(15)9-11(13)8-10(14(17)18)4-2-3-7-16/h5-6,8-9H,2-4,7,16H2,1H3. The van der Waals surface area contributed by atoms with E-state index < -0.39 is 0 Å². The third-order valence-electron chi connectivity index (χ3n) is 3.16. The lowest BCUT2D eigenvalue weighted by Gasteiger charge is -2.08. The highest BCUT2D eigenvalue weighted by molar-refractivity contribution is 5.79. The van der Waals surface area contributed by atoms with Gasteiger partial charge in [0, 0.05) is 18.0 Å². The van der Waals surface area contributed by atoms with Gasteiger partial charge in [-0.3, -0.25) is 4.79 Å². The number of halogens is 1. The Morgan fingerprint density at radius 2 is 2.06 bits per heavy atom. The number of rotatable bonds is 4. The summed E-state index contributed by atoms with van der Waals surface area (Å²) < 4.78 is 14.8. The first-order chi connectivity index (χ1) is 8.63. The minimum atomic E-state index is -0.283. The van der Waals surface area contributed by atoms with Crippen molar-refractivity contribution in [1.29, 1.82) is 0 Å². The van der Waals surface area contributed by atoms with Crippen LogP contribution in [0.1, 0.15) is 18.4 Å². The number of aryl methyl sites for hydroxylation is 2. The van der Waals surface area contributed by atoms with Gasteiger partial charge in [0.05, 0.1) is 5.52 Å². The fourth-order valence-corrected chi connectivity index (χ4v) is 2.16. The molecular weight excluding hydrogens is 231 g/mol. The molecule has 2 N–H and O–H groups in total. The van der Waals surface area contributed by atoms with Gasteiger partial charge in [-0.1, -0.05) is 0 Å². The summed E-state index contributed by atoms with van der Waals surface area (Å²) >= 11 is 0. The SMILES string of the molecule is Cn1c(=O)c(CCCCN)cc2cc(F)ccc21. The smallest absolute Gasteiger partial charge is 0.253 e. The zero-order valence-electron chi connectivity index (χ0n) is 10.4. The molecule has 0 bridgehead atoms. The lowest BCUT2D eigenvalue weighted by molar-refractivity contribution is 0.629. The molecule has 0 aliphatic heterocycles. The van der Waals surface area contributed by atoms with Gasteiger partial charge in [0.15, 0.2) is 0 Å². The van der Waals surface area contributed by atoms with Crippen LogP contribution in [0.5, 0.6) is 0 Å². The van der Waals surface area contributed by atoms with Gasteiger partial charge >= 0.3 is 0 Å². The monoisotopic (exact) mass is 248 g/mol. The van der Waals surface area contributed by atoms with Gasteiger partial charge in [0.1, 0.15) is 5.82 Å². The average molecular weight is 248 g/mol. The first-order valence-corrected chi connectivity index (χ1v) is 6.11. The van der Waals surface area contributed by atoms with Crippen molar-refractivity contribution in [3.8, 4) is 0 Å². The maximum atomic E-state index is 13.2. The van der Waals surface area contributed by atoms with E-state index in [1.54, 1.807) is 23.7 Å².